The van der Waals surface area contributed by atoms with Gasteiger partial charge < -0.3 is 14.4 Å². The van der Waals surface area contributed by atoms with Crippen LogP contribution < -0.4 is 4.90 Å². The van der Waals surface area contributed by atoms with E-state index >= 15 is 0 Å². The van der Waals surface area contributed by atoms with Crippen molar-refractivity contribution < 1.29 is 27.5 Å². The number of hydrogen-bond donors (Lipinski definition) is 0. The van der Waals surface area contributed by atoms with Crippen LogP contribution >= 0.6 is 0 Å². The second kappa shape index (κ2) is 11.1. The van der Waals surface area contributed by atoms with Crippen LogP contribution in [0.1, 0.15) is 42.5 Å². The number of morpholine rings is 1. The highest BCUT2D eigenvalue weighted by atomic mass is 32.2. The lowest BCUT2D eigenvalue weighted by Crippen LogP contribution is -2.43. The van der Waals surface area contributed by atoms with Gasteiger partial charge in [-0.15, -0.1) is 0 Å². The van der Waals surface area contributed by atoms with Gasteiger partial charge in [-0.05, 0) is 43.2 Å². The van der Waals surface area contributed by atoms with Crippen LogP contribution in [-0.2, 0) is 24.3 Å². The lowest BCUT2D eigenvalue weighted by Gasteiger charge is -2.34. The molecule has 1 amide bonds. The minimum Gasteiger partial charge on any atom is -0.452 e. The Bertz CT molecular complexity index is 1090. The van der Waals surface area contributed by atoms with E-state index in [2.05, 4.69) is 0 Å². The van der Waals surface area contributed by atoms with Gasteiger partial charge >= 0.3 is 5.97 Å². The van der Waals surface area contributed by atoms with Crippen LogP contribution in [0.3, 0.4) is 0 Å². The summed E-state index contributed by atoms with van der Waals surface area (Å²) >= 11 is 0. The van der Waals surface area contributed by atoms with E-state index in [0.29, 0.717) is 13.2 Å². The van der Waals surface area contributed by atoms with Crippen molar-refractivity contribution in [2.75, 3.05) is 37.8 Å². The van der Waals surface area contributed by atoms with Gasteiger partial charge in [0.2, 0.25) is 10.0 Å². The van der Waals surface area contributed by atoms with E-state index in [1.165, 1.54) is 28.6 Å². The van der Waals surface area contributed by atoms with Crippen LogP contribution in [0.25, 0.3) is 0 Å². The molecule has 34 heavy (non-hydrogen) atoms. The van der Waals surface area contributed by atoms with E-state index in [0.717, 1.165) is 37.8 Å². The first kappa shape index (κ1) is 24.4. The summed E-state index contributed by atoms with van der Waals surface area (Å²) in [5.41, 5.74) is 0.875. The molecule has 2 aliphatic rings. The predicted octanol–water partition coefficient (Wildman–Crippen LogP) is 3.23. The molecule has 8 nitrogen and oxygen atoms in total. The molecular formula is C25H30N2O6S. The number of carbonyl (C=O) groups is 2. The van der Waals surface area contributed by atoms with E-state index in [4.69, 9.17) is 9.47 Å². The third-order valence-corrected chi connectivity index (χ3v) is 8.14. The number of carbonyl (C=O) groups excluding carboxylic acids is 2. The Morgan fingerprint density at radius 3 is 2.38 bits per heavy atom. The Morgan fingerprint density at radius 2 is 1.68 bits per heavy atom. The summed E-state index contributed by atoms with van der Waals surface area (Å²) in [7, 11) is -3.74. The molecule has 0 bridgehead atoms. The van der Waals surface area contributed by atoms with Gasteiger partial charge in [0.15, 0.2) is 6.61 Å². The molecule has 0 N–H and O–H groups in total. The Balaban J connectivity index is 1.45. The minimum absolute atomic E-state index is 0.0169. The van der Waals surface area contributed by atoms with Crippen LogP contribution in [0, 0.1) is 0 Å². The molecule has 1 aliphatic carbocycles. The molecule has 0 aromatic heterocycles. The molecule has 0 spiro atoms. The molecule has 4 rings (SSSR count). The van der Waals surface area contributed by atoms with Gasteiger partial charge in [-0.3, -0.25) is 4.79 Å². The quantitative estimate of drug-likeness (QED) is 0.558. The number of amides is 1. The van der Waals surface area contributed by atoms with Crippen molar-refractivity contribution >= 4 is 27.6 Å². The van der Waals surface area contributed by atoms with Gasteiger partial charge in [-0.25, -0.2) is 13.2 Å². The molecule has 2 aromatic rings. The Labute approximate surface area is 200 Å². The molecule has 1 saturated carbocycles. The average molecular weight is 487 g/mol. The summed E-state index contributed by atoms with van der Waals surface area (Å²) in [5, 5.41) is 0. The number of rotatable bonds is 7. The van der Waals surface area contributed by atoms with Crippen molar-refractivity contribution in [3.05, 3.63) is 60.2 Å². The topological polar surface area (TPSA) is 93.2 Å². The molecular weight excluding hydrogens is 456 g/mol. The van der Waals surface area contributed by atoms with Crippen molar-refractivity contribution in [3.8, 4) is 0 Å². The summed E-state index contributed by atoms with van der Waals surface area (Å²) in [6.45, 7) is 0.790. The molecule has 0 atom stereocenters. The van der Waals surface area contributed by atoms with Gasteiger partial charge in [-0.1, -0.05) is 43.5 Å². The van der Waals surface area contributed by atoms with E-state index < -0.39 is 22.6 Å². The van der Waals surface area contributed by atoms with E-state index in [-0.39, 0.29) is 35.5 Å². The molecule has 1 saturated heterocycles. The first-order valence-corrected chi connectivity index (χ1v) is 13.1. The Hall–Kier alpha value is -2.75. The highest BCUT2D eigenvalue weighted by Gasteiger charge is 2.29. The second-order valence-electron chi connectivity index (χ2n) is 8.51. The van der Waals surface area contributed by atoms with Gasteiger partial charge in [0, 0.05) is 24.8 Å². The molecule has 1 heterocycles. The van der Waals surface area contributed by atoms with Crippen molar-refractivity contribution in [2.24, 2.45) is 0 Å². The molecule has 2 aromatic carbocycles. The normalized spacial score (nSPS) is 17.8. The first-order valence-electron chi connectivity index (χ1n) is 11.7. The Kier molecular flexibility index (Phi) is 7.97. The first-order chi connectivity index (χ1) is 16.5. The number of anilines is 1. The fourth-order valence-electron chi connectivity index (χ4n) is 4.49. The highest BCUT2D eigenvalue weighted by Crippen LogP contribution is 2.27. The largest absolute Gasteiger partial charge is 0.452 e. The van der Waals surface area contributed by atoms with Crippen LogP contribution in [0.2, 0.25) is 0 Å². The summed E-state index contributed by atoms with van der Waals surface area (Å²) in [4.78, 5) is 27.6. The maximum atomic E-state index is 13.1. The lowest BCUT2D eigenvalue weighted by molar-refractivity contribution is -0.122. The summed E-state index contributed by atoms with van der Waals surface area (Å²) < 4.78 is 37.7. The van der Waals surface area contributed by atoms with E-state index in [1.807, 2.05) is 30.3 Å². The zero-order valence-corrected chi connectivity index (χ0v) is 19.9. The molecule has 0 unspecified atom stereocenters. The van der Waals surface area contributed by atoms with Crippen molar-refractivity contribution in [1.29, 1.82) is 0 Å². The number of para-hydroxylation sites is 1. The molecule has 2 fully saturated rings. The summed E-state index contributed by atoms with van der Waals surface area (Å²) in [5.74, 6) is -1.02. The highest BCUT2D eigenvalue weighted by molar-refractivity contribution is 7.89. The molecule has 0 radical (unpaired) electrons. The minimum atomic E-state index is -3.74. The number of ether oxygens (including phenoxy) is 2. The fraction of sp³-hybridized carbons (Fsp3) is 0.440. The summed E-state index contributed by atoms with van der Waals surface area (Å²) in [6, 6.07) is 15.2. The van der Waals surface area contributed by atoms with Crippen LogP contribution in [0.4, 0.5) is 5.69 Å². The zero-order valence-electron chi connectivity index (χ0n) is 19.1. The second-order valence-corrected chi connectivity index (χ2v) is 10.4. The molecule has 1 aliphatic heterocycles. The van der Waals surface area contributed by atoms with Crippen LogP contribution in [0.15, 0.2) is 59.5 Å². The zero-order chi connectivity index (χ0) is 24.0. The Morgan fingerprint density at radius 1 is 0.971 bits per heavy atom. The van der Waals surface area contributed by atoms with Gasteiger partial charge in [0.05, 0.1) is 23.7 Å². The number of hydrogen-bond acceptors (Lipinski definition) is 6. The fourth-order valence-corrected chi connectivity index (χ4v) is 5.94. The van der Waals surface area contributed by atoms with Crippen LogP contribution in [0.5, 0.6) is 0 Å². The van der Waals surface area contributed by atoms with Crippen molar-refractivity contribution in [2.45, 2.75) is 43.0 Å². The number of sulfonamides is 1. The van der Waals surface area contributed by atoms with E-state index in [9.17, 15) is 18.0 Å². The number of esters is 1. The standard InChI is InChI=1S/C25H30N2O6S/c28-24(27(21-9-3-1-4-10-21)22-11-5-2-6-12-22)19-33-25(29)20-8-7-13-23(18-20)34(30,31)26-14-16-32-17-15-26/h1,3-4,7-10,13,18,22H,2,5-6,11-12,14-17,19H2. The SMILES string of the molecule is O=C(OCC(=O)N(c1ccccc1)C1CCCCC1)c1cccc(S(=O)(=O)N2CCOCC2)c1. The van der Waals surface area contributed by atoms with Gasteiger partial charge in [-0.2, -0.15) is 4.31 Å². The molecule has 9 heteroatoms. The maximum Gasteiger partial charge on any atom is 0.338 e. The van der Waals surface area contributed by atoms with E-state index in [1.54, 1.807) is 4.90 Å². The van der Waals surface area contributed by atoms with Gasteiger partial charge in [0.1, 0.15) is 0 Å². The molecule has 182 valence electrons. The smallest absolute Gasteiger partial charge is 0.338 e. The monoisotopic (exact) mass is 486 g/mol. The van der Waals surface area contributed by atoms with Crippen molar-refractivity contribution in [1.82, 2.24) is 4.31 Å². The number of benzene rings is 2. The van der Waals surface area contributed by atoms with Crippen molar-refractivity contribution in [3.63, 3.8) is 0 Å². The summed E-state index contributed by atoms with van der Waals surface area (Å²) in [6.07, 6.45) is 5.11. The van der Waals surface area contributed by atoms with Crippen LogP contribution in [-0.4, -0.2) is 63.6 Å². The average Bonchev–Trinajstić information content (AvgIpc) is 2.89. The third kappa shape index (κ3) is 5.65. The predicted molar refractivity (Wildman–Crippen MR) is 127 cm³/mol. The number of nitrogens with zero attached hydrogens (tertiary/aromatic N) is 2. The maximum absolute atomic E-state index is 13.1. The lowest BCUT2D eigenvalue weighted by atomic mass is 9.93. The van der Waals surface area contributed by atoms with Gasteiger partial charge in [0.25, 0.3) is 5.91 Å². The third-order valence-electron chi connectivity index (χ3n) is 6.25.